The van der Waals surface area contributed by atoms with Crippen LogP contribution in [-0.2, 0) is 5.54 Å². The standard InChI is InChI=1S/C21H26ClN5O2/c1-12(2)10-23-18-17(29-5)11-24-20(26-18)27-21(3,4)15-9-13-8-14(22)6-7-16(13)25-19(15)28/h6-9,11-12H,10H2,1-5H3,(H,25,28)(H2,23,24,26,27). The Morgan fingerprint density at radius 3 is 2.72 bits per heavy atom. The van der Waals surface area contributed by atoms with Crippen molar-refractivity contribution in [3.05, 3.63) is 51.4 Å². The average molecular weight is 416 g/mol. The SMILES string of the molecule is COc1cnc(NC(C)(C)c2cc3cc(Cl)ccc3[nH]c2=O)nc1NCC(C)C. The zero-order valence-corrected chi connectivity index (χ0v) is 18.0. The Hall–Kier alpha value is -2.80. The van der Waals surface area contributed by atoms with Gasteiger partial charge in [-0.1, -0.05) is 25.4 Å². The van der Waals surface area contributed by atoms with Crippen molar-refractivity contribution in [2.75, 3.05) is 24.3 Å². The molecule has 0 saturated carbocycles. The molecule has 3 rings (SSSR count). The lowest BCUT2D eigenvalue weighted by molar-refractivity contribution is 0.412. The van der Waals surface area contributed by atoms with Gasteiger partial charge in [0.1, 0.15) is 0 Å². The van der Waals surface area contributed by atoms with Gasteiger partial charge in [0, 0.05) is 28.0 Å². The summed E-state index contributed by atoms with van der Waals surface area (Å²) in [5.41, 5.74) is 0.390. The van der Waals surface area contributed by atoms with E-state index < -0.39 is 5.54 Å². The van der Waals surface area contributed by atoms with Gasteiger partial charge in [-0.15, -0.1) is 0 Å². The van der Waals surface area contributed by atoms with Crippen molar-refractivity contribution < 1.29 is 4.74 Å². The third-order valence-electron chi connectivity index (χ3n) is 4.56. The maximum atomic E-state index is 12.7. The number of H-pyrrole nitrogens is 1. The summed E-state index contributed by atoms with van der Waals surface area (Å²) in [5.74, 6) is 2.01. The first-order valence-electron chi connectivity index (χ1n) is 9.46. The quantitative estimate of drug-likeness (QED) is 0.529. The molecular formula is C21H26ClN5O2. The van der Waals surface area contributed by atoms with Gasteiger partial charge in [0.05, 0.1) is 18.8 Å². The number of aromatic nitrogens is 3. The normalized spacial score (nSPS) is 11.7. The summed E-state index contributed by atoms with van der Waals surface area (Å²) in [6.07, 6.45) is 1.61. The monoisotopic (exact) mass is 415 g/mol. The molecule has 0 radical (unpaired) electrons. The number of hydrogen-bond donors (Lipinski definition) is 3. The molecule has 0 fully saturated rings. The van der Waals surface area contributed by atoms with E-state index in [0.29, 0.717) is 34.0 Å². The predicted octanol–water partition coefficient (Wildman–Crippen LogP) is 4.40. The average Bonchev–Trinajstić information content (AvgIpc) is 2.66. The maximum absolute atomic E-state index is 12.7. The van der Waals surface area contributed by atoms with Crippen LogP contribution in [0.4, 0.5) is 11.8 Å². The number of fused-ring (bicyclic) bond motifs is 1. The highest BCUT2D eigenvalue weighted by molar-refractivity contribution is 6.31. The van der Waals surface area contributed by atoms with Gasteiger partial charge in [0.15, 0.2) is 11.6 Å². The summed E-state index contributed by atoms with van der Waals surface area (Å²) < 4.78 is 5.34. The molecule has 0 saturated heterocycles. The molecule has 0 atom stereocenters. The molecule has 7 nitrogen and oxygen atoms in total. The number of nitrogens with one attached hydrogen (secondary N) is 3. The molecular weight excluding hydrogens is 390 g/mol. The molecule has 0 aliphatic rings. The minimum Gasteiger partial charge on any atom is -0.491 e. The molecule has 0 bridgehead atoms. The van der Waals surface area contributed by atoms with Gasteiger partial charge < -0.3 is 20.4 Å². The topological polar surface area (TPSA) is 91.9 Å². The van der Waals surface area contributed by atoms with E-state index in [-0.39, 0.29) is 5.56 Å². The lowest BCUT2D eigenvalue weighted by Crippen LogP contribution is -2.35. The van der Waals surface area contributed by atoms with E-state index in [2.05, 4.69) is 39.4 Å². The Morgan fingerprint density at radius 2 is 2.03 bits per heavy atom. The number of hydrogen-bond acceptors (Lipinski definition) is 6. The fourth-order valence-electron chi connectivity index (χ4n) is 3.00. The van der Waals surface area contributed by atoms with Crippen molar-refractivity contribution >= 4 is 34.3 Å². The van der Waals surface area contributed by atoms with Gasteiger partial charge in [-0.2, -0.15) is 4.98 Å². The van der Waals surface area contributed by atoms with Crippen molar-refractivity contribution in [2.24, 2.45) is 5.92 Å². The first-order chi connectivity index (χ1) is 13.7. The van der Waals surface area contributed by atoms with Crippen molar-refractivity contribution in [3.63, 3.8) is 0 Å². The summed E-state index contributed by atoms with van der Waals surface area (Å²) in [6.45, 7) is 8.79. The number of halogens is 1. The molecule has 3 aromatic rings. The van der Waals surface area contributed by atoms with Gasteiger partial charge in [0.25, 0.3) is 5.56 Å². The predicted molar refractivity (Wildman–Crippen MR) is 118 cm³/mol. The summed E-state index contributed by atoms with van der Waals surface area (Å²) in [4.78, 5) is 24.5. The van der Waals surface area contributed by atoms with E-state index >= 15 is 0 Å². The van der Waals surface area contributed by atoms with Crippen LogP contribution in [0.15, 0.2) is 35.3 Å². The smallest absolute Gasteiger partial charge is 0.253 e. The molecule has 0 amide bonds. The number of pyridine rings is 1. The summed E-state index contributed by atoms with van der Waals surface area (Å²) >= 11 is 6.11. The molecule has 8 heteroatoms. The molecule has 2 aromatic heterocycles. The van der Waals surface area contributed by atoms with Crippen LogP contribution in [0.5, 0.6) is 5.75 Å². The van der Waals surface area contributed by atoms with Crippen LogP contribution in [-0.4, -0.2) is 28.6 Å². The van der Waals surface area contributed by atoms with Crippen molar-refractivity contribution in [2.45, 2.75) is 33.2 Å². The number of ether oxygens (including phenoxy) is 1. The minimum absolute atomic E-state index is 0.177. The van der Waals surface area contributed by atoms with E-state index in [0.717, 1.165) is 17.4 Å². The zero-order valence-electron chi connectivity index (χ0n) is 17.3. The molecule has 0 aliphatic carbocycles. The number of anilines is 2. The molecule has 3 N–H and O–H groups in total. The van der Waals surface area contributed by atoms with Crippen molar-refractivity contribution in [1.82, 2.24) is 15.0 Å². The van der Waals surface area contributed by atoms with Gasteiger partial charge in [-0.3, -0.25) is 4.79 Å². The second-order valence-electron chi connectivity index (χ2n) is 7.88. The number of methoxy groups -OCH3 is 1. The molecule has 154 valence electrons. The molecule has 0 unspecified atom stereocenters. The van der Waals surface area contributed by atoms with E-state index in [9.17, 15) is 4.79 Å². The second kappa shape index (κ2) is 8.29. The number of rotatable bonds is 7. The van der Waals surface area contributed by atoms with Crippen LogP contribution in [0.3, 0.4) is 0 Å². The van der Waals surface area contributed by atoms with Gasteiger partial charge in [-0.05, 0) is 44.0 Å². The highest BCUT2D eigenvalue weighted by atomic mass is 35.5. The van der Waals surface area contributed by atoms with Crippen LogP contribution >= 0.6 is 11.6 Å². The fraction of sp³-hybridized carbons (Fsp3) is 0.381. The Balaban J connectivity index is 1.94. The van der Waals surface area contributed by atoms with E-state index in [4.69, 9.17) is 16.3 Å². The van der Waals surface area contributed by atoms with Crippen LogP contribution in [0.1, 0.15) is 33.3 Å². The van der Waals surface area contributed by atoms with Crippen LogP contribution in [0, 0.1) is 5.92 Å². The fourth-order valence-corrected chi connectivity index (χ4v) is 3.18. The molecule has 29 heavy (non-hydrogen) atoms. The minimum atomic E-state index is -0.728. The number of aromatic amines is 1. The third kappa shape index (κ3) is 4.79. The van der Waals surface area contributed by atoms with Crippen molar-refractivity contribution in [3.8, 4) is 5.75 Å². The first kappa shape index (κ1) is 20.9. The molecule has 1 aromatic carbocycles. The maximum Gasteiger partial charge on any atom is 0.253 e. The molecule has 0 spiro atoms. The highest BCUT2D eigenvalue weighted by Crippen LogP contribution is 2.27. The third-order valence-corrected chi connectivity index (χ3v) is 4.79. The molecule has 0 aliphatic heterocycles. The summed E-state index contributed by atoms with van der Waals surface area (Å²) in [6, 6.07) is 7.21. The van der Waals surface area contributed by atoms with Crippen LogP contribution in [0.2, 0.25) is 5.02 Å². The largest absolute Gasteiger partial charge is 0.491 e. The summed E-state index contributed by atoms with van der Waals surface area (Å²) in [7, 11) is 1.58. The van der Waals surface area contributed by atoms with Gasteiger partial charge >= 0.3 is 0 Å². The lowest BCUT2D eigenvalue weighted by atomic mass is 9.94. The first-order valence-corrected chi connectivity index (χ1v) is 9.83. The Bertz CT molecular complexity index is 1080. The Morgan fingerprint density at radius 1 is 1.28 bits per heavy atom. The van der Waals surface area contributed by atoms with Gasteiger partial charge in [0.2, 0.25) is 5.95 Å². The Kier molecular flexibility index (Phi) is 5.98. The van der Waals surface area contributed by atoms with E-state index in [1.807, 2.05) is 26.0 Å². The molecule has 2 heterocycles. The van der Waals surface area contributed by atoms with Crippen LogP contribution in [0.25, 0.3) is 10.9 Å². The van der Waals surface area contributed by atoms with E-state index in [1.165, 1.54) is 0 Å². The van der Waals surface area contributed by atoms with Crippen molar-refractivity contribution in [1.29, 1.82) is 0 Å². The zero-order chi connectivity index (χ0) is 21.2. The summed E-state index contributed by atoms with van der Waals surface area (Å²) in [5, 5.41) is 8.01. The van der Waals surface area contributed by atoms with E-state index in [1.54, 1.807) is 25.4 Å². The highest BCUT2D eigenvalue weighted by Gasteiger charge is 2.26. The van der Waals surface area contributed by atoms with Gasteiger partial charge in [-0.25, -0.2) is 4.98 Å². The number of nitrogens with zero attached hydrogens (tertiary/aromatic N) is 2. The number of benzene rings is 1. The lowest BCUT2D eigenvalue weighted by Gasteiger charge is -2.26. The second-order valence-corrected chi connectivity index (χ2v) is 8.32. The Labute approximate surface area is 174 Å². The van der Waals surface area contributed by atoms with Crippen LogP contribution < -0.4 is 20.9 Å².